The van der Waals surface area contributed by atoms with Crippen molar-refractivity contribution < 1.29 is 12.8 Å². The number of halogens is 4. The van der Waals surface area contributed by atoms with E-state index in [1.807, 2.05) is 4.72 Å². The van der Waals surface area contributed by atoms with Crippen molar-refractivity contribution in [2.75, 3.05) is 10.5 Å². The summed E-state index contributed by atoms with van der Waals surface area (Å²) in [5.41, 5.74) is 5.40. The van der Waals surface area contributed by atoms with E-state index in [-0.39, 0.29) is 31.3 Å². The van der Waals surface area contributed by atoms with Crippen LogP contribution in [0.3, 0.4) is 0 Å². The van der Waals surface area contributed by atoms with Crippen LogP contribution in [-0.2, 0) is 10.0 Å². The van der Waals surface area contributed by atoms with Gasteiger partial charge in [-0.05, 0) is 24.3 Å². The fraction of sp³-hybridized carbons (Fsp3) is 0. The molecule has 0 heterocycles. The SMILES string of the molecule is Nc1cc(Cl)c(S(=O)(=O)Nc2cccc(Cl)c2F)c(Cl)c1. The van der Waals surface area contributed by atoms with Crippen LogP contribution in [0, 0.1) is 5.82 Å². The second-order valence-electron chi connectivity index (χ2n) is 4.02. The Morgan fingerprint density at radius 2 is 1.62 bits per heavy atom. The molecule has 0 saturated heterocycles. The molecule has 2 rings (SSSR count). The zero-order valence-corrected chi connectivity index (χ0v) is 13.3. The molecule has 0 fully saturated rings. The normalized spacial score (nSPS) is 11.4. The summed E-state index contributed by atoms with van der Waals surface area (Å²) < 4.78 is 40.4. The van der Waals surface area contributed by atoms with Crippen LogP contribution in [0.15, 0.2) is 35.2 Å². The Balaban J connectivity index is 2.51. The van der Waals surface area contributed by atoms with Crippen LogP contribution >= 0.6 is 34.8 Å². The van der Waals surface area contributed by atoms with Gasteiger partial charge in [0, 0.05) is 5.69 Å². The number of benzene rings is 2. The summed E-state index contributed by atoms with van der Waals surface area (Å²) in [6.45, 7) is 0. The van der Waals surface area contributed by atoms with Crippen molar-refractivity contribution >= 4 is 56.2 Å². The van der Waals surface area contributed by atoms with E-state index in [1.165, 1.54) is 30.3 Å². The fourth-order valence-corrected chi connectivity index (χ4v) is 4.08. The van der Waals surface area contributed by atoms with Gasteiger partial charge >= 0.3 is 0 Å². The quantitative estimate of drug-likeness (QED) is 0.798. The summed E-state index contributed by atoms with van der Waals surface area (Å²) >= 11 is 17.3. The Labute approximate surface area is 135 Å². The van der Waals surface area contributed by atoms with Gasteiger partial charge < -0.3 is 5.73 Å². The number of anilines is 2. The van der Waals surface area contributed by atoms with E-state index < -0.39 is 15.8 Å². The summed E-state index contributed by atoms with van der Waals surface area (Å²) in [6.07, 6.45) is 0. The van der Waals surface area contributed by atoms with E-state index in [2.05, 4.69) is 0 Å². The maximum atomic E-state index is 13.8. The van der Waals surface area contributed by atoms with Crippen molar-refractivity contribution in [2.45, 2.75) is 4.90 Å². The molecule has 0 aliphatic carbocycles. The van der Waals surface area contributed by atoms with E-state index in [4.69, 9.17) is 40.5 Å². The second kappa shape index (κ2) is 5.88. The predicted molar refractivity (Wildman–Crippen MR) is 83.1 cm³/mol. The van der Waals surface area contributed by atoms with E-state index in [0.29, 0.717) is 0 Å². The lowest BCUT2D eigenvalue weighted by Crippen LogP contribution is -2.15. The lowest BCUT2D eigenvalue weighted by atomic mass is 10.3. The van der Waals surface area contributed by atoms with Crippen molar-refractivity contribution in [1.29, 1.82) is 0 Å². The van der Waals surface area contributed by atoms with Crippen LogP contribution in [-0.4, -0.2) is 8.42 Å². The Morgan fingerprint density at radius 3 is 2.19 bits per heavy atom. The largest absolute Gasteiger partial charge is 0.399 e. The first-order chi connectivity index (χ1) is 9.72. The molecule has 0 bridgehead atoms. The van der Waals surface area contributed by atoms with Crippen LogP contribution in [0.1, 0.15) is 0 Å². The molecule has 9 heteroatoms. The Hall–Kier alpha value is -1.21. The maximum Gasteiger partial charge on any atom is 0.264 e. The van der Waals surface area contributed by atoms with Crippen LogP contribution < -0.4 is 10.5 Å². The number of nitrogens with one attached hydrogen (secondary N) is 1. The van der Waals surface area contributed by atoms with Crippen molar-refractivity contribution in [3.63, 3.8) is 0 Å². The van der Waals surface area contributed by atoms with Crippen molar-refractivity contribution in [3.8, 4) is 0 Å². The molecule has 4 nitrogen and oxygen atoms in total. The van der Waals surface area contributed by atoms with Crippen LogP contribution in [0.2, 0.25) is 15.1 Å². The van der Waals surface area contributed by atoms with Crippen molar-refractivity contribution in [2.24, 2.45) is 0 Å². The van der Waals surface area contributed by atoms with Gasteiger partial charge in [0.1, 0.15) is 4.90 Å². The van der Waals surface area contributed by atoms with Gasteiger partial charge in [-0.2, -0.15) is 0 Å². The molecule has 0 aliphatic rings. The molecule has 21 heavy (non-hydrogen) atoms. The van der Waals surface area contributed by atoms with Gasteiger partial charge in [0.25, 0.3) is 10.0 Å². The zero-order valence-electron chi connectivity index (χ0n) is 10.2. The molecular weight excluding hydrogens is 362 g/mol. The number of rotatable bonds is 3. The number of sulfonamides is 1. The topological polar surface area (TPSA) is 72.2 Å². The smallest absolute Gasteiger partial charge is 0.264 e. The Kier molecular flexibility index (Phi) is 4.53. The summed E-state index contributed by atoms with van der Waals surface area (Å²) in [5.74, 6) is -0.898. The molecule has 0 atom stereocenters. The molecule has 0 aliphatic heterocycles. The third-order valence-electron chi connectivity index (χ3n) is 2.49. The number of hydrogen-bond donors (Lipinski definition) is 2. The fourth-order valence-electron chi connectivity index (χ4n) is 1.61. The Morgan fingerprint density at radius 1 is 1.05 bits per heavy atom. The predicted octanol–water partition coefficient (Wildman–Crippen LogP) is 4.17. The standard InChI is InChI=1S/C12H8Cl3FN2O2S/c13-7-2-1-3-10(11(7)16)18-21(19,20)12-8(14)4-6(17)5-9(12)15/h1-5,18H,17H2. The maximum absolute atomic E-state index is 13.8. The third-order valence-corrected chi connectivity index (χ3v) is 5.06. The third kappa shape index (κ3) is 3.35. The Bertz CT molecular complexity index is 789. The molecule has 2 aromatic carbocycles. The summed E-state index contributed by atoms with van der Waals surface area (Å²) in [4.78, 5) is -0.389. The first-order valence-electron chi connectivity index (χ1n) is 5.43. The molecule has 0 radical (unpaired) electrons. The zero-order chi connectivity index (χ0) is 15.8. The second-order valence-corrected chi connectivity index (χ2v) is 6.86. The van der Waals surface area contributed by atoms with Crippen LogP contribution in [0.25, 0.3) is 0 Å². The van der Waals surface area contributed by atoms with Gasteiger partial charge in [0.15, 0.2) is 5.82 Å². The number of hydrogen-bond acceptors (Lipinski definition) is 3. The minimum absolute atomic E-state index is 0.171. The minimum Gasteiger partial charge on any atom is -0.399 e. The molecule has 0 saturated carbocycles. The molecule has 0 aromatic heterocycles. The number of nitrogen functional groups attached to an aromatic ring is 1. The molecule has 0 unspecified atom stereocenters. The summed E-state index contributed by atoms with van der Waals surface area (Å²) in [5, 5.41) is -0.561. The highest BCUT2D eigenvalue weighted by atomic mass is 35.5. The lowest BCUT2D eigenvalue weighted by molar-refractivity contribution is 0.598. The average Bonchev–Trinajstić information content (AvgIpc) is 2.33. The summed E-state index contributed by atoms with van der Waals surface area (Å²) in [6, 6.07) is 6.37. The molecule has 112 valence electrons. The monoisotopic (exact) mass is 368 g/mol. The molecule has 0 spiro atoms. The molecule has 2 aromatic rings. The summed E-state index contributed by atoms with van der Waals surface area (Å²) in [7, 11) is -4.20. The molecular formula is C12H8Cl3FN2O2S. The van der Waals surface area contributed by atoms with Crippen LogP contribution in [0.4, 0.5) is 15.8 Å². The van der Waals surface area contributed by atoms with Gasteiger partial charge in [0.05, 0.1) is 20.8 Å². The van der Waals surface area contributed by atoms with Gasteiger partial charge in [-0.15, -0.1) is 0 Å². The van der Waals surface area contributed by atoms with Gasteiger partial charge in [-0.3, -0.25) is 4.72 Å². The van der Waals surface area contributed by atoms with Gasteiger partial charge in [-0.25, -0.2) is 12.8 Å². The van der Waals surface area contributed by atoms with E-state index >= 15 is 0 Å². The highest BCUT2D eigenvalue weighted by molar-refractivity contribution is 7.93. The first-order valence-corrected chi connectivity index (χ1v) is 8.05. The van der Waals surface area contributed by atoms with Gasteiger partial charge in [-0.1, -0.05) is 40.9 Å². The average molecular weight is 370 g/mol. The van der Waals surface area contributed by atoms with E-state index in [9.17, 15) is 12.8 Å². The van der Waals surface area contributed by atoms with Crippen LogP contribution in [0.5, 0.6) is 0 Å². The van der Waals surface area contributed by atoms with E-state index in [1.54, 1.807) is 0 Å². The van der Waals surface area contributed by atoms with Crippen molar-refractivity contribution in [1.82, 2.24) is 0 Å². The number of nitrogens with two attached hydrogens (primary N) is 1. The van der Waals surface area contributed by atoms with E-state index in [0.717, 1.165) is 0 Å². The molecule has 0 amide bonds. The van der Waals surface area contributed by atoms with Crippen molar-refractivity contribution in [3.05, 3.63) is 51.2 Å². The van der Waals surface area contributed by atoms with Gasteiger partial charge in [0.2, 0.25) is 0 Å². The minimum atomic E-state index is -4.20. The highest BCUT2D eigenvalue weighted by Gasteiger charge is 2.24. The lowest BCUT2D eigenvalue weighted by Gasteiger charge is -2.12. The first kappa shape index (κ1) is 16.2. The molecule has 3 N–H and O–H groups in total. The highest BCUT2D eigenvalue weighted by Crippen LogP contribution is 2.34.